The van der Waals surface area contributed by atoms with Gasteiger partial charge in [-0.25, -0.2) is 4.98 Å². The van der Waals surface area contributed by atoms with Crippen LogP contribution in [0.3, 0.4) is 0 Å². The summed E-state index contributed by atoms with van der Waals surface area (Å²) in [6, 6.07) is 8.51. The summed E-state index contributed by atoms with van der Waals surface area (Å²) < 4.78 is 2.06. The Labute approximate surface area is 106 Å². The molecule has 3 rings (SSSR count). The van der Waals surface area contributed by atoms with E-state index in [-0.39, 0.29) is 0 Å². The van der Waals surface area contributed by atoms with Crippen LogP contribution < -0.4 is 5.32 Å². The number of aliphatic imine (C=N–C) groups is 1. The molecule has 0 atom stereocenters. The van der Waals surface area contributed by atoms with Crippen molar-refractivity contribution in [3.05, 3.63) is 54.1 Å². The predicted molar refractivity (Wildman–Crippen MR) is 71.8 cm³/mol. The maximum atomic E-state index is 4.52. The van der Waals surface area contributed by atoms with Crippen LogP contribution in [0.5, 0.6) is 0 Å². The minimum absolute atomic E-state index is 0.848. The molecule has 1 aromatic carbocycles. The Balaban J connectivity index is 1.82. The van der Waals surface area contributed by atoms with Crippen molar-refractivity contribution in [3.63, 3.8) is 0 Å². The van der Waals surface area contributed by atoms with E-state index < -0.39 is 0 Å². The van der Waals surface area contributed by atoms with Crippen molar-refractivity contribution < 1.29 is 0 Å². The zero-order valence-corrected chi connectivity index (χ0v) is 10.2. The molecule has 0 saturated carbocycles. The third-order valence-corrected chi connectivity index (χ3v) is 3.02. The molecule has 4 nitrogen and oxygen atoms in total. The fourth-order valence-corrected chi connectivity index (χ4v) is 2.13. The first-order valence-corrected chi connectivity index (χ1v) is 6.25. The maximum Gasteiger partial charge on any atom is 0.128 e. The SMILES string of the molecule is c1cc(Cn2ccnc2)cc(C2=NCCCN2)c1. The lowest BCUT2D eigenvalue weighted by atomic mass is 10.1. The van der Waals surface area contributed by atoms with Crippen molar-refractivity contribution in [1.29, 1.82) is 0 Å². The lowest BCUT2D eigenvalue weighted by molar-refractivity contribution is 0.742. The number of hydrogen-bond donors (Lipinski definition) is 1. The van der Waals surface area contributed by atoms with Gasteiger partial charge in [-0.3, -0.25) is 4.99 Å². The molecular formula is C14H16N4. The fraction of sp³-hybridized carbons (Fsp3) is 0.286. The van der Waals surface area contributed by atoms with Gasteiger partial charge in [-0.1, -0.05) is 18.2 Å². The molecule has 0 unspecified atom stereocenters. The molecule has 2 heterocycles. The number of benzene rings is 1. The summed E-state index contributed by atoms with van der Waals surface area (Å²) in [6.07, 6.45) is 6.74. The van der Waals surface area contributed by atoms with Gasteiger partial charge < -0.3 is 9.88 Å². The van der Waals surface area contributed by atoms with Gasteiger partial charge in [0.25, 0.3) is 0 Å². The van der Waals surface area contributed by atoms with Gasteiger partial charge in [0.05, 0.1) is 6.33 Å². The van der Waals surface area contributed by atoms with E-state index >= 15 is 0 Å². The molecule has 1 aliphatic heterocycles. The van der Waals surface area contributed by atoms with E-state index in [4.69, 9.17) is 0 Å². The highest BCUT2D eigenvalue weighted by molar-refractivity contribution is 5.99. The van der Waals surface area contributed by atoms with Crippen molar-refractivity contribution in [1.82, 2.24) is 14.9 Å². The number of rotatable bonds is 3. The van der Waals surface area contributed by atoms with Crippen molar-refractivity contribution in [2.45, 2.75) is 13.0 Å². The second-order valence-corrected chi connectivity index (χ2v) is 4.45. The molecule has 4 heteroatoms. The van der Waals surface area contributed by atoms with Crippen LogP contribution in [0.2, 0.25) is 0 Å². The van der Waals surface area contributed by atoms with Crippen molar-refractivity contribution in [3.8, 4) is 0 Å². The number of nitrogens with zero attached hydrogens (tertiary/aromatic N) is 3. The summed E-state index contributed by atoms with van der Waals surface area (Å²) in [5.41, 5.74) is 2.44. The lowest BCUT2D eigenvalue weighted by Crippen LogP contribution is -2.30. The van der Waals surface area contributed by atoms with Crippen LogP contribution in [0.25, 0.3) is 0 Å². The second kappa shape index (κ2) is 5.04. The highest BCUT2D eigenvalue weighted by Crippen LogP contribution is 2.09. The quantitative estimate of drug-likeness (QED) is 0.886. The Morgan fingerprint density at radius 1 is 1.33 bits per heavy atom. The van der Waals surface area contributed by atoms with Crippen LogP contribution in [0.4, 0.5) is 0 Å². The zero-order chi connectivity index (χ0) is 12.2. The highest BCUT2D eigenvalue weighted by Gasteiger charge is 2.07. The minimum Gasteiger partial charge on any atom is -0.370 e. The monoisotopic (exact) mass is 240 g/mol. The smallest absolute Gasteiger partial charge is 0.128 e. The number of aromatic nitrogens is 2. The number of nitrogens with one attached hydrogen (secondary N) is 1. The third kappa shape index (κ3) is 2.42. The molecule has 92 valence electrons. The standard InChI is InChI=1S/C14H16N4/c1-3-12(10-18-8-7-15-11-18)9-13(4-1)14-16-5-2-6-17-14/h1,3-4,7-9,11H,2,5-6,10H2,(H,16,17). The molecule has 0 radical (unpaired) electrons. The van der Waals surface area contributed by atoms with Gasteiger partial charge in [0.1, 0.15) is 5.84 Å². The Morgan fingerprint density at radius 3 is 3.11 bits per heavy atom. The third-order valence-electron chi connectivity index (χ3n) is 3.02. The largest absolute Gasteiger partial charge is 0.370 e. The molecule has 1 aromatic heterocycles. The first kappa shape index (κ1) is 11.0. The van der Waals surface area contributed by atoms with Crippen molar-refractivity contribution >= 4 is 5.84 Å². The van der Waals surface area contributed by atoms with Crippen molar-refractivity contribution in [2.24, 2.45) is 4.99 Å². The molecule has 0 saturated heterocycles. The molecule has 0 aliphatic carbocycles. The molecular weight excluding hydrogens is 224 g/mol. The normalized spacial score (nSPS) is 15.0. The van der Waals surface area contributed by atoms with Gasteiger partial charge in [-0.05, 0) is 18.1 Å². The zero-order valence-electron chi connectivity index (χ0n) is 10.2. The van der Waals surface area contributed by atoms with Crippen LogP contribution in [0.15, 0.2) is 48.0 Å². The Bertz CT molecular complexity index is 543. The molecule has 0 amide bonds. The molecule has 1 N–H and O–H groups in total. The molecule has 0 bridgehead atoms. The minimum atomic E-state index is 0.848. The summed E-state index contributed by atoms with van der Waals surface area (Å²) in [7, 11) is 0. The summed E-state index contributed by atoms with van der Waals surface area (Å²) in [5, 5.41) is 3.35. The fourth-order valence-electron chi connectivity index (χ4n) is 2.13. The average Bonchev–Trinajstić information content (AvgIpc) is 2.93. The first-order chi connectivity index (χ1) is 8.92. The Kier molecular flexibility index (Phi) is 3.08. The van der Waals surface area contributed by atoms with E-state index in [2.05, 4.69) is 44.1 Å². The lowest BCUT2D eigenvalue weighted by Gasteiger charge is -2.15. The maximum absolute atomic E-state index is 4.52. The molecule has 0 spiro atoms. The summed E-state index contributed by atoms with van der Waals surface area (Å²) in [6.45, 7) is 2.79. The summed E-state index contributed by atoms with van der Waals surface area (Å²) in [4.78, 5) is 8.58. The van der Waals surface area contributed by atoms with Gasteiger partial charge in [-0.2, -0.15) is 0 Å². The molecule has 1 aliphatic rings. The first-order valence-electron chi connectivity index (χ1n) is 6.25. The van der Waals surface area contributed by atoms with E-state index in [0.29, 0.717) is 0 Å². The molecule has 18 heavy (non-hydrogen) atoms. The number of amidine groups is 1. The van der Waals surface area contributed by atoms with Crippen LogP contribution in [0, 0.1) is 0 Å². The van der Waals surface area contributed by atoms with E-state index in [1.54, 1.807) is 6.20 Å². The van der Waals surface area contributed by atoms with E-state index in [1.807, 2.05) is 12.5 Å². The number of hydrogen-bond acceptors (Lipinski definition) is 3. The Hall–Kier alpha value is -2.10. The van der Waals surface area contributed by atoms with Gasteiger partial charge >= 0.3 is 0 Å². The highest BCUT2D eigenvalue weighted by atomic mass is 15.0. The van der Waals surface area contributed by atoms with Gasteiger partial charge in [0, 0.05) is 37.6 Å². The summed E-state index contributed by atoms with van der Waals surface area (Å²) in [5.74, 6) is 1.02. The van der Waals surface area contributed by atoms with E-state index in [9.17, 15) is 0 Å². The molecule has 0 fully saturated rings. The van der Waals surface area contributed by atoms with Crippen LogP contribution in [-0.2, 0) is 6.54 Å². The van der Waals surface area contributed by atoms with Gasteiger partial charge in [0.2, 0.25) is 0 Å². The Morgan fingerprint density at radius 2 is 2.33 bits per heavy atom. The topological polar surface area (TPSA) is 42.2 Å². The molecule has 2 aromatic rings. The second-order valence-electron chi connectivity index (χ2n) is 4.45. The predicted octanol–water partition coefficient (Wildman–Crippen LogP) is 1.67. The van der Waals surface area contributed by atoms with Gasteiger partial charge in [0.15, 0.2) is 0 Å². The number of imidazole rings is 1. The van der Waals surface area contributed by atoms with Crippen LogP contribution in [0.1, 0.15) is 17.5 Å². The van der Waals surface area contributed by atoms with E-state index in [0.717, 1.165) is 31.9 Å². The van der Waals surface area contributed by atoms with Crippen LogP contribution in [-0.4, -0.2) is 28.5 Å². The van der Waals surface area contributed by atoms with Crippen LogP contribution >= 0.6 is 0 Å². The van der Waals surface area contributed by atoms with Crippen molar-refractivity contribution in [2.75, 3.05) is 13.1 Å². The van der Waals surface area contributed by atoms with Gasteiger partial charge in [-0.15, -0.1) is 0 Å². The average molecular weight is 240 g/mol. The summed E-state index contributed by atoms with van der Waals surface area (Å²) >= 11 is 0. The van der Waals surface area contributed by atoms with E-state index in [1.165, 1.54) is 11.1 Å².